The van der Waals surface area contributed by atoms with Crippen LogP contribution in [0.1, 0.15) is 31.2 Å². The van der Waals surface area contributed by atoms with Crippen LogP contribution in [0.15, 0.2) is 42.6 Å². The van der Waals surface area contributed by atoms with E-state index >= 15 is 0 Å². The monoisotopic (exact) mass is 313 g/mol. The van der Waals surface area contributed by atoms with E-state index in [2.05, 4.69) is 10.4 Å². The Hall–Kier alpha value is -2.63. The van der Waals surface area contributed by atoms with Crippen molar-refractivity contribution in [2.45, 2.75) is 37.6 Å². The fourth-order valence-corrected chi connectivity index (χ4v) is 3.27. The lowest BCUT2D eigenvalue weighted by Gasteiger charge is -2.27. The molecule has 1 aromatic carbocycles. The van der Waals surface area contributed by atoms with Gasteiger partial charge in [-0.1, -0.05) is 43.2 Å². The van der Waals surface area contributed by atoms with Crippen LogP contribution in [0.3, 0.4) is 0 Å². The Morgan fingerprint density at radius 3 is 2.52 bits per heavy atom. The van der Waals surface area contributed by atoms with Gasteiger partial charge in [0.15, 0.2) is 5.82 Å². The van der Waals surface area contributed by atoms with Crippen LogP contribution in [0.2, 0.25) is 0 Å². The molecule has 1 aliphatic carbocycles. The van der Waals surface area contributed by atoms with Gasteiger partial charge >= 0.3 is 5.97 Å². The van der Waals surface area contributed by atoms with Crippen molar-refractivity contribution < 1.29 is 14.7 Å². The molecule has 120 valence electrons. The zero-order valence-corrected chi connectivity index (χ0v) is 12.7. The van der Waals surface area contributed by atoms with Crippen LogP contribution < -0.4 is 5.32 Å². The van der Waals surface area contributed by atoms with Crippen LogP contribution in [0, 0.1) is 0 Å². The second-order valence-corrected chi connectivity index (χ2v) is 5.90. The lowest BCUT2D eigenvalue weighted by atomic mass is 9.78. The van der Waals surface area contributed by atoms with E-state index in [4.69, 9.17) is 5.11 Å². The number of carboxylic acids is 1. The molecule has 0 spiro atoms. The van der Waals surface area contributed by atoms with Gasteiger partial charge in [0, 0.05) is 12.3 Å². The van der Waals surface area contributed by atoms with Crippen molar-refractivity contribution in [3.63, 3.8) is 0 Å². The molecule has 3 rings (SSSR count). The molecule has 1 heterocycles. The molecule has 0 aliphatic heterocycles. The minimum atomic E-state index is -0.970. The van der Waals surface area contributed by atoms with Gasteiger partial charge in [0.2, 0.25) is 5.91 Å². The summed E-state index contributed by atoms with van der Waals surface area (Å²) in [4.78, 5) is 23.6. The first-order valence-corrected chi connectivity index (χ1v) is 7.72. The minimum absolute atomic E-state index is 0.0678. The topological polar surface area (TPSA) is 84.2 Å². The van der Waals surface area contributed by atoms with Crippen molar-refractivity contribution in [3.05, 3.63) is 48.2 Å². The molecule has 2 aromatic rings. The quantitative estimate of drug-likeness (QED) is 0.888. The van der Waals surface area contributed by atoms with E-state index < -0.39 is 11.4 Å². The molecule has 0 unspecified atom stereocenters. The fourth-order valence-electron chi connectivity index (χ4n) is 3.27. The number of aliphatic carboxylic acids is 1. The number of carbonyl (C=O) groups excluding carboxylic acids is 1. The second kappa shape index (κ2) is 6.24. The normalized spacial score (nSPS) is 16.2. The smallest absolute Gasteiger partial charge is 0.325 e. The third kappa shape index (κ3) is 3.11. The highest BCUT2D eigenvalue weighted by Crippen LogP contribution is 2.41. The van der Waals surface area contributed by atoms with Crippen LogP contribution in [0.5, 0.6) is 0 Å². The predicted octanol–water partition coefficient (Wildman–Crippen LogP) is 2.42. The van der Waals surface area contributed by atoms with Crippen molar-refractivity contribution >= 4 is 17.7 Å². The first-order chi connectivity index (χ1) is 11.1. The van der Waals surface area contributed by atoms with Gasteiger partial charge in [-0.15, -0.1) is 0 Å². The van der Waals surface area contributed by atoms with Crippen molar-refractivity contribution in [2.24, 2.45) is 0 Å². The van der Waals surface area contributed by atoms with Crippen LogP contribution in [0.4, 0.5) is 5.82 Å². The van der Waals surface area contributed by atoms with Crippen LogP contribution in [-0.4, -0.2) is 26.8 Å². The number of rotatable bonds is 5. The summed E-state index contributed by atoms with van der Waals surface area (Å²) in [5.74, 6) is -0.650. The molecule has 6 heteroatoms. The van der Waals surface area contributed by atoms with E-state index in [1.54, 1.807) is 12.3 Å². The number of carbonyl (C=O) groups is 2. The largest absolute Gasteiger partial charge is 0.480 e. The molecule has 1 saturated carbocycles. The summed E-state index contributed by atoms with van der Waals surface area (Å²) in [6, 6.07) is 11.4. The number of hydrogen-bond acceptors (Lipinski definition) is 3. The Kier molecular flexibility index (Phi) is 4.14. The average Bonchev–Trinajstić information content (AvgIpc) is 3.18. The SMILES string of the molecule is O=C(O)Cn1ccc(NC(=O)C2(c3ccccc3)CCCC2)n1. The van der Waals surface area contributed by atoms with Gasteiger partial charge in [-0.25, -0.2) is 0 Å². The van der Waals surface area contributed by atoms with Crippen molar-refractivity contribution in [1.82, 2.24) is 9.78 Å². The summed E-state index contributed by atoms with van der Waals surface area (Å²) in [7, 11) is 0. The van der Waals surface area contributed by atoms with E-state index in [-0.39, 0.29) is 12.5 Å². The number of amides is 1. The Labute approximate surface area is 134 Å². The van der Waals surface area contributed by atoms with Gasteiger partial charge in [0.25, 0.3) is 0 Å². The summed E-state index contributed by atoms with van der Waals surface area (Å²) >= 11 is 0. The lowest BCUT2D eigenvalue weighted by molar-refractivity contribution is -0.137. The van der Waals surface area contributed by atoms with Crippen molar-refractivity contribution in [2.75, 3.05) is 5.32 Å². The third-order valence-corrected chi connectivity index (χ3v) is 4.40. The van der Waals surface area contributed by atoms with Gasteiger partial charge in [0.05, 0.1) is 5.41 Å². The lowest BCUT2D eigenvalue weighted by Crippen LogP contribution is -2.38. The van der Waals surface area contributed by atoms with Gasteiger partial charge in [-0.3, -0.25) is 14.3 Å². The highest BCUT2D eigenvalue weighted by atomic mass is 16.4. The number of hydrogen-bond donors (Lipinski definition) is 2. The molecule has 1 aromatic heterocycles. The fraction of sp³-hybridized carbons (Fsp3) is 0.353. The Balaban J connectivity index is 1.80. The molecular weight excluding hydrogens is 294 g/mol. The number of nitrogens with zero attached hydrogens (tertiary/aromatic N) is 2. The molecule has 1 fully saturated rings. The summed E-state index contributed by atoms with van der Waals surface area (Å²) < 4.78 is 1.29. The first-order valence-electron chi connectivity index (χ1n) is 7.72. The minimum Gasteiger partial charge on any atom is -0.480 e. The van der Waals surface area contributed by atoms with Crippen molar-refractivity contribution in [3.8, 4) is 0 Å². The Morgan fingerprint density at radius 2 is 1.87 bits per heavy atom. The summed E-state index contributed by atoms with van der Waals surface area (Å²) in [6.45, 7) is -0.223. The molecule has 1 aliphatic rings. The summed E-state index contributed by atoms with van der Waals surface area (Å²) in [5.41, 5.74) is 0.512. The summed E-state index contributed by atoms with van der Waals surface area (Å²) in [6.07, 6.45) is 5.23. The predicted molar refractivity (Wildman–Crippen MR) is 85.1 cm³/mol. The Morgan fingerprint density at radius 1 is 1.17 bits per heavy atom. The van der Waals surface area contributed by atoms with Crippen molar-refractivity contribution in [1.29, 1.82) is 0 Å². The number of carboxylic acid groups (broad SMARTS) is 1. The van der Waals surface area contributed by atoms with Gasteiger partial charge < -0.3 is 10.4 Å². The average molecular weight is 313 g/mol. The highest BCUT2D eigenvalue weighted by Gasteiger charge is 2.42. The van der Waals surface area contributed by atoms with Crippen LogP contribution in [0.25, 0.3) is 0 Å². The zero-order valence-electron chi connectivity index (χ0n) is 12.7. The molecule has 0 bridgehead atoms. The van der Waals surface area contributed by atoms with E-state index in [1.807, 2.05) is 30.3 Å². The number of aromatic nitrogens is 2. The maximum atomic E-state index is 12.9. The maximum Gasteiger partial charge on any atom is 0.325 e. The highest BCUT2D eigenvalue weighted by molar-refractivity contribution is 5.98. The van der Waals surface area contributed by atoms with Crippen LogP contribution >= 0.6 is 0 Å². The zero-order chi connectivity index (χ0) is 16.3. The molecule has 0 saturated heterocycles. The molecule has 23 heavy (non-hydrogen) atoms. The molecule has 0 atom stereocenters. The maximum absolute atomic E-state index is 12.9. The van der Waals surface area contributed by atoms with E-state index in [0.29, 0.717) is 5.82 Å². The number of anilines is 1. The number of benzene rings is 1. The Bertz CT molecular complexity index is 703. The molecule has 0 radical (unpaired) electrons. The standard InChI is InChI=1S/C17H19N3O3/c21-15(22)12-20-11-8-14(19-20)18-16(23)17(9-4-5-10-17)13-6-2-1-3-7-13/h1-3,6-8,11H,4-5,9-10,12H2,(H,21,22)(H,18,19,23). The van der Waals surface area contributed by atoms with Gasteiger partial charge in [-0.2, -0.15) is 5.10 Å². The molecule has 6 nitrogen and oxygen atoms in total. The number of nitrogens with one attached hydrogen (secondary N) is 1. The summed E-state index contributed by atoms with van der Waals surface area (Å²) in [5, 5.41) is 15.7. The van der Waals surface area contributed by atoms with E-state index in [9.17, 15) is 9.59 Å². The van der Waals surface area contributed by atoms with Crippen LogP contribution in [-0.2, 0) is 21.5 Å². The molecule has 1 amide bonds. The third-order valence-electron chi connectivity index (χ3n) is 4.40. The van der Waals surface area contributed by atoms with Gasteiger partial charge in [-0.05, 0) is 18.4 Å². The first kappa shape index (κ1) is 15.3. The van der Waals surface area contributed by atoms with E-state index in [1.165, 1.54) is 4.68 Å². The van der Waals surface area contributed by atoms with E-state index in [0.717, 1.165) is 31.2 Å². The second-order valence-electron chi connectivity index (χ2n) is 5.90. The molecule has 2 N–H and O–H groups in total. The van der Waals surface area contributed by atoms with Gasteiger partial charge in [0.1, 0.15) is 6.54 Å². The molecular formula is C17H19N3O3.